The zero-order valence-electron chi connectivity index (χ0n) is 17.2. The highest BCUT2D eigenvalue weighted by Crippen LogP contribution is 2.25. The van der Waals surface area contributed by atoms with Gasteiger partial charge in [-0.1, -0.05) is 6.07 Å². The Balaban J connectivity index is 1.80. The van der Waals surface area contributed by atoms with Crippen molar-refractivity contribution in [3.05, 3.63) is 70.5 Å². The fourth-order valence-corrected chi connectivity index (χ4v) is 3.15. The van der Waals surface area contributed by atoms with Crippen molar-refractivity contribution in [1.82, 2.24) is 9.97 Å². The fourth-order valence-electron chi connectivity index (χ4n) is 3.15. The van der Waals surface area contributed by atoms with Gasteiger partial charge in [-0.05, 0) is 61.7 Å². The van der Waals surface area contributed by atoms with Crippen LogP contribution in [0.2, 0.25) is 0 Å². The summed E-state index contributed by atoms with van der Waals surface area (Å²) < 4.78 is 5.35. The monoisotopic (exact) mass is 405 g/mol. The Bertz CT molecular complexity index is 1090. The summed E-state index contributed by atoms with van der Waals surface area (Å²) in [5.41, 5.74) is 9.83. The van der Waals surface area contributed by atoms with Crippen LogP contribution in [0.3, 0.4) is 0 Å². The van der Waals surface area contributed by atoms with E-state index in [-0.39, 0.29) is 17.8 Å². The molecule has 2 amide bonds. The van der Waals surface area contributed by atoms with E-state index in [0.717, 1.165) is 22.4 Å². The lowest BCUT2D eigenvalue weighted by Gasteiger charge is -2.13. The number of rotatable bonds is 5. The largest absolute Gasteiger partial charge is 0.496 e. The fraction of sp³-hybridized carbons (Fsp3) is 0.182. The van der Waals surface area contributed by atoms with Crippen molar-refractivity contribution in [2.75, 3.05) is 23.5 Å². The maximum Gasteiger partial charge on any atom is 0.256 e. The minimum atomic E-state index is -0.340. The number of anilines is 3. The number of carbonyl (C=O) groups excluding carboxylic acids is 2. The maximum absolute atomic E-state index is 12.7. The van der Waals surface area contributed by atoms with Gasteiger partial charge in [0.2, 0.25) is 5.95 Å². The smallest absolute Gasteiger partial charge is 0.256 e. The Kier molecular flexibility index (Phi) is 5.96. The van der Waals surface area contributed by atoms with Gasteiger partial charge in [-0.15, -0.1) is 0 Å². The van der Waals surface area contributed by atoms with Crippen LogP contribution in [0, 0.1) is 20.8 Å². The molecule has 0 aliphatic carbocycles. The molecule has 0 spiro atoms. The van der Waals surface area contributed by atoms with Crippen LogP contribution >= 0.6 is 0 Å². The third kappa shape index (κ3) is 4.54. The number of nitrogens with two attached hydrogens (primary N) is 1. The topological polar surface area (TPSA) is 119 Å². The molecule has 0 saturated heterocycles. The third-order valence-electron chi connectivity index (χ3n) is 4.60. The van der Waals surface area contributed by atoms with Crippen molar-refractivity contribution in [3.8, 4) is 5.75 Å². The number of benzene rings is 2. The van der Waals surface area contributed by atoms with E-state index in [4.69, 9.17) is 10.5 Å². The SMILES string of the molecule is COc1c(C)cc(C(=O)Nc2ccc(C)c(C(=O)Nc3cnc(N)nc3)c2)cc1C. The zero-order chi connectivity index (χ0) is 21.8. The second kappa shape index (κ2) is 8.60. The second-order valence-electron chi connectivity index (χ2n) is 6.91. The quantitative estimate of drug-likeness (QED) is 0.598. The molecule has 4 N–H and O–H groups in total. The van der Waals surface area contributed by atoms with E-state index in [1.54, 1.807) is 37.4 Å². The van der Waals surface area contributed by atoms with Crippen molar-refractivity contribution in [2.45, 2.75) is 20.8 Å². The highest BCUT2D eigenvalue weighted by Gasteiger charge is 2.14. The van der Waals surface area contributed by atoms with Crippen LogP contribution in [0.25, 0.3) is 0 Å². The summed E-state index contributed by atoms with van der Waals surface area (Å²) in [7, 11) is 1.60. The third-order valence-corrected chi connectivity index (χ3v) is 4.60. The number of carbonyl (C=O) groups is 2. The molecule has 1 aromatic heterocycles. The Morgan fingerprint density at radius 2 is 1.47 bits per heavy atom. The Hall–Kier alpha value is -3.94. The molecule has 0 aliphatic heterocycles. The van der Waals surface area contributed by atoms with Gasteiger partial charge in [-0.3, -0.25) is 9.59 Å². The van der Waals surface area contributed by atoms with Gasteiger partial charge >= 0.3 is 0 Å². The number of aryl methyl sites for hydroxylation is 3. The Morgan fingerprint density at radius 3 is 2.07 bits per heavy atom. The van der Waals surface area contributed by atoms with Crippen molar-refractivity contribution in [1.29, 1.82) is 0 Å². The van der Waals surface area contributed by atoms with E-state index < -0.39 is 0 Å². The molecule has 0 atom stereocenters. The van der Waals surface area contributed by atoms with E-state index in [1.165, 1.54) is 12.4 Å². The Labute approximate surface area is 174 Å². The molecule has 1 heterocycles. The summed E-state index contributed by atoms with van der Waals surface area (Å²) in [4.78, 5) is 33.1. The predicted octanol–water partition coefficient (Wildman–Crippen LogP) is 3.50. The summed E-state index contributed by atoms with van der Waals surface area (Å²) in [6.45, 7) is 5.59. The molecular formula is C22H23N5O3. The standard InChI is InChI=1S/C22H23N5O3/c1-12-5-6-16(9-18(12)21(29)27-17-10-24-22(23)25-11-17)26-20(28)15-7-13(2)19(30-4)14(3)8-15/h5-11H,1-4H3,(H,26,28)(H,27,29)(H2,23,24,25). The summed E-state index contributed by atoms with van der Waals surface area (Å²) in [5, 5.41) is 5.56. The van der Waals surface area contributed by atoms with Gasteiger partial charge in [0, 0.05) is 16.8 Å². The number of nitrogens with zero attached hydrogens (tertiary/aromatic N) is 2. The first kappa shape index (κ1) is 20.8. The molecule has 0 radical (unpaired) electrons. The van der Waals surface area contributed by atoms with Crippen molar-refractivity contribution in [2.24, 2.45) is 0 Å². The van der Waals surface area contributed by atoms with E-state index >= 15 is 0 Å². The van der Waals surface area contributed by atoms with Crippen molar-refractivity contribution in [3.63, 3.8) is 0 Å². The molecule has 0 aliphatic rings. The Morgan fingerprint density at radius 1 is 0.867 bits per heavy atom. The molecule has 30 heavy (non-hydrogen) atoms. The number of nitrogens with one attached hydrogen (secondary N) is 2. The van der Waals surface area contributed by atoms with Gasteiger partial charge in [0.1, 0.15) is 5.75 Å². The van der Waals surface area contributed by atoms with Gasteiger partial charge in [-0.25, -0.2) is 9.97 Å². The van der Waals surface area contributed by atoms with Crippen molar-refractivity contribution >= 4 is 29.1 Å². The number of hydrogen-bond acceptors (Lipinski definition) is 6. The maximum atomic E-state index is 12.7. The molecule has 0 unspecified atom stereocenters. The number of ether oxygens (including phenoxy) is 1. The molecular weight excluding hydrogens is 382 g/mol. The first-order valence-electron chi connectivity index (χ1n) is 9.24. The van der Waals surface area contributed by atoms with Crippen molar-refractivity contribution < 1.29 is 14.3 Å². The molecule has 8 heteroatoms. The summed E-state index contributed by atoms with van der Waals surface area (Å²) in [5.74, 6) is 0.268. The second-order valence-corrected chi connectivity index (χ2v) is 6.91. The molecule has 2 aromatic carbocycles. The lowest BCUT2D eigenvalue weighted by atomic mass is 10.0. The van der Waals surface area contributed by atoms with Crippen LogP contribution in [0.4, 0.5) is 17.3 Å². The molecule has 0 bridgehead atoms. The number of aromatic nitrogens is 2. The van der Waals surface area contributed by atoms with Crippen LogP contribution in [0.5, 0.6) is 5.75 Å². The number of nitrogen functional groups attached to an aromatic ring is 1. The average molecular weight is 405 g/mol. The molecule has 3 aromatic rings. The van der Waals surface area contributed by atoms with Gasteiger partial charge < -0.3 is 21.1 Å². The molecule has 0 saturated carbocycles. The van der Waals surface area contributed by atoms with Gasteiger partial charge in [-0.2, -0.15) is 0 Å². The molecule has 154 valence electrons. The minimum Gasteiger partial charge on any atom is -0.496 e. The predicted molar refractivity (Wildman–Crippen MR) is 116 cm³/mol. The molecule has 0 fully saturated rings. The normalized spacial score (nSPS) is 10.4. The molecule has 3 rings (SSSR count). The van der Waals surface area contributed by atoms with E-state index in [0.29, 0.717) is 22.5 Å². The first-order chi connectivity index (χ1) is 14.3. The van der Waals surface area contributed by atoms with E-state index in [2.05, 4.69) is 20.6 Å². The van der Waals surface area contributed by atoms with Crippen LogP contribution in [0.1, 0.15) is 37.4 Å². The van der Waals surface area contributed by atoms with Gasteiger partial charge in [0.25, 0.3) is 11.8 Å². The van der Waals surface area contributed by atoms with Crippen LogP contribution < -0.4 is 21.1 Å². The van der Waals surface area contributed by atoms with Crippen LogP contribution in [0.15, 0.2) is 42.7 Å². The summed E-state index contributed by atoms with van der Waals surface area (Å²) >= 11 is 0. The summed E-state index contributed by atoms with van der Waals surface area (Å²) in [6.07, 6.45) is 2.85. The van der Waals surface area contributed by atoms with Crippen LogP contribution in [-0.2, 0) is 0 Å². The lowest BCUT2D eigenvalue weighted by molar-refractivity contribution is 0.101. The van der Waals surface area contributed by atoms with Gasteiger partial charge in [0.05, 0.1) is 25.2 Å². The zero-order valence-corrected chi connectivity index (χ0v) is 17.2. The summed E-state index contributed by atoms with van der Waals surface area (Å²) in [6, 6.07) is 8.69. The minimum absolute atomic E-state index is 0.123. The average Bonchev–Trinajstić information content (AvgIpc) is 2.70. The number of hydrogen-bond donors (Lipinski definition) is 3. The lowest BCUT2D eigenvalue weighted by Crippen LogP contribution is -2.16. The number of methoxy groups -OCH3 is 1. The highest BCUT2D eigenvalue weighted by atomic mass is 16.5. The van der Waals surface area contributed by atoms with E-state index in [9.17, 15) is 9.59 Å². The first-order valence-corrected chi connectivity index (χ1v) is 9.24. The van der Waals surface area contributed by atoms with E-state index in [1.807, 2.05) is 20.8 Å². The van der Waals surface area contributed by atoms with Crippen LogP contribution in [-0.4, -0.2) is 28.9 Å². The van der Waals surface area contributed by atoms with Gasteiger partial charge in [0.15, 0.2) is 0 Å². The highest BCUT2D eigenvalue weighted by molar-refractivity contribution is 6.08. The molecule has 8 nitrogen and oxygen atoms in total. The number of amides is 2.